The van der Waals surface area contributed by atoms with Gasteiger partial charge < -0.3 is 23.8 Å². The molecule has 234 valence electrons. The second-order valence-corrected chi connectivity index (χ2v) is 25.2. The standard InChI is InChI=1S/C34H48FNO5Si2/c1-42(2,3)19-17-38-25-41-31-14-11-28-21-26(7-8-29(28)22-31)24-40-33-23-36(34(37)39-18-20-43(4,5)6)16-15-32(33)27-9-12-30(35)13-10-27/h7-14,21-22,32-33H,15-20,23-25H2,1-6H3. The van der Waals surface area contributed by atoms with E-state index in [0.29, 0.717) is 26.3 Å². The molecule has 6 nitrogen and oxygen atoms in total. The Morgan fingerprint density at radius 2 is 1.56 bits per heavy atom. The average molecular weight is 626 g/mol. The molecular formula is C34H48FNO5Si2. The first-order valence-electron chi connectivity index (χ1n) is 15.4. The minimum atomic E-state index is -1.30. The van der Waals surface area contributed by atoms with Crippen molar-refractivity contribution < 1.29 is 28.1 Å². The van der Waals surface area contributed by atoms with Crippen molar-refractivity contribution >= 4 is 33.0 Å². The molecule has 43 heavy (non-hydrogen) atoms. The Labute approximate surface area is 258 Å². The molecule has 1 heterocycles. The van der Waals surface area contributed by atoms with Crippen LogP contribution >= 0.6 is 0 Å². The van der Waals surface area contributed by atoms with E-state index in [9.17, 15) is 9.18 Å². The summed E-state index contributed by atoms with van der Waals surface area (Å²) in [5.74, 6) is 0.578. The van der Waals surface area contributed by atoms with Crippen LogP contribution in [0.15, 0.2) is 60.7 Å². The molecule has 3 aromatic rings. The van der Waals surface area contributed by atoms with E-state index in [-0.39, 0.29) is 30.7 Å². The molecule has 0 spiro atoms. The number of halogens is 1. The lowest BCUT2D eigenvalue weighted by molar-refractivity contribution is -0.0233. The summed E-state index contributed by atoms with van der Waals surface area (Å²) in [5, 5.41) is 2.18. The summed E-state index contributed by atoms with van der Waals surface area (Å²) in [5.41, 5.74) is 2.07. The molecule has 2 unspecified atom stereocenters. The number of benzene rings is 3. The number of piperidine rings is 1. The molecule has 0 radical (unpaired) electrons. The van der Waals surface area contributed by atoms with Crippen molar-refractivity contribution in [2.45, 2.75) is 76.4 Å². The zero-order chi connectivity index (χ0) is 31.0. The van der Waals surface area contributed by atoms with Crippen LogP contribution in [0, 0.1) is 5.82 Å². The summed E-state index contributed by atoms with van der Waals surface area (Å²) in [6.07, 6.45) is 0.202. The molecule has 3 aromatic carbocycles. The number of fused-ring (bicyclic) bond motifs is 1. The van der Waals surface area contributed by atoms with Crippen LogP contribution in [0.3, 0.4) is 0 Å². The number of hydrogen-bond acceptors (Lipinski definition) is 5. The van der Waals surface area contributed by atoms with E-state index < -0.39 is 16.1 Å². The lowest BCUT2D eigenvalue weighted by atomic mass is 9.87. The molecule has 0 bridgehead atoms. The van der Waals surface area contributed by atoms with Crippen molar-refractivity contribution in [1.82, 2.24) is 4.90 Å². The molecule has 0 aromatic heterocycles. The first-order chi connectivity index (χ1) is 20.4. The van der Waals surface area contributed by atoms with Crippen LogP contribution < -0.4 is 4.74 Å². The lowest BCUT2D eigenvalue weighted by Crippen LogP contribution is -2.47. The van der Waals surface area contributed by atoms with E-state index >= 15 is 0 Å². The normalized spacial score (nSPS) is 17.7. The monoisotopic (exact) mass is 625 g/mol. The summed E-state index contributed by atoms with van der Waals surface area (Å²) in [6, 6.07) is 21.0. The topological polar surface area (TPSA) is 57.2 Å². The Hall–Kier alpha value is -2.73. The number of carbonyl (C=O) groups is 1. The average Bonchev–Trinajstić information content (AvgIpc) is 2.95. The number of rotatable bonds is 13. The third kappa shape index (κ3) is 10.7. The van der Waals surface area contributed by atoms with Gasteiger partial charge in [0, 0.05) is 35.2 Å². The van der Waals surface area contributed by atoms with Crippen molar-refractivity contribution in [3.8, 4) is 5.75 Å². The van der Waals surface area contributed by atoms with Gasteiger partial charge in [-0.1, -0.05) is 69.6 Å². The summed E-state index contributed by atoms with van der Waals surface area (Å²) in [4.78, 5) is 14.7. The summed E-state index contributed by atoms with van der Waals surface area (Å²) >= 11 is 0. The fraction of sp³-hybridized carbons (Fsp3) is 0.500. The first kappa shape index (κ1) is 33.2. The van der Waals surface area contributed by atoms with E-state index in [2.05, 4.69) is 63.5 Å². The second-order valence-electron chi connectivity index (χ2n) is 14.0. The molecule has 0 N–H and O–H groups in total. The third-order valence-corrected chi connectivity index (χ3v) is 11.2. The molecule has 4 rings (SSSR count). The van der Waals surface area contributed by atoms with Crippen LogP contribution in [0.1, 0.15) is 23.5 Å². The Bertz CT molecular complexity index is 1340. The molecule has 0 saturated carbocycles. The van der Waals surface area contributed by atoms with Gasteiger partial charge in [-0.05, 0) is 70.7 Å². The highest BCUT2D eigenvalue weighted by Crippen LogP contribution is 2.32. The fourth-order valence-electron chi connectivity index (χ4n) is 5.08. The van der Waals surface area contributed by atoms with Crippen LogP contribution in [0.25, 0.3) is 10.8 Å². The fourth-order valence-corrected chi connectivity index (χ4v) is 6.55. The predicted octanol–water partition coefficient (Wildman–Crippen LogP) is 8.52. The molecule has 1 aliphatic rings. The van der Waals surface area contributed by atoms with E-state index in [4.69, 9.17) is 18.9 Å². The van der Waals surface area contributed by atoms with Gasteiger partial charge in [0.2, 0.25) is 0 Å². The smallest absolute Gasteiger partial charge is 0.409 e. The van der Waals surface area contributed by atoms with Crippen LogP contribution in [0.5, 0.6) is 5.75 Å². The maximum Gasteiger partial charge on any atom is 0.409 e. The molecule has 9 heteroatoms. The highest BCUT2D eigenvalue weighted by Gasteiger charge is 2.34. The SMILES string of the molecule is C[Si](C)(C)CCOCOc1ccc2cc(COC3CN(C(=O)OCC[Si](C)(C)C)CCC3c3ccc(F)cc3)ccc2c1. The van der Waals surface area contributed by atoms with Gasteiger partial charge in [0.1, 0.15) is 11.6 Å². The predicted molar refractivity (Wildman–Crippen MR) is 177 cm³/mol. The Morgan fingerprint density at radius 3 is 2.28 bits per heavy atom. The number of likely N-dealkylation sites (tertiary alicyclic amines) is 1. The van der Waals surface area contributed by atoms with Crippen molar-refractivity contribution in [2.24, 2.45) is 0 Å². The van der Waals surface area contributed by atoms with Crippen LogP contribution in [0.2, 0.25) is 51.4 Å². The van der Waals surface area contributed by atoms with Gasteiger partial charge in [-0.2, -0.15) is 0 Å². The first-order valence-corrected chi connectivity index (χ1v) is 22.8. The zero-order valence-electron chi connectivity index (χ0n) is 26.7. The van der Waals surface area contributed by atoms with Crippen molar-refractivity contribution in [2.75, 3.05) is 33.1 Å². The van der Waals surface area contributed by atoms with Crippen LogP contribution in [-0.4, -0.2) is 66.3 Å². The van der Waals surface area contributed by atoms with Crippen molar-refractivity contribution in [3.63, 3.8) is 0 Å². The van der Waals surface area contributed by atoms with Gasteiger partial charge in [0.05, 0.1) is 25.9 Å². The largest absolute Gasteiger partial charge is 0.468 e. The quantitative estimate of drug-likeness (QED) is 0.108. The third-order valence-electron chi connectivity index (χ3n) is 7.84. The number of ether oxygens (including phenoxy) is 4. The molecule has 1 saturated heterocycles. The Morgan fingerprint density at radius 1 is 0.884 bits per heavy atom. The molecule has 1 fully saturated rings. The van der Waals surface area contributed by atoms with Gasteiger partial charge in [0.15, 0.2) is 6.79 Å². The van der Waals surface area contributed by atoms with E-state index in [1.807, 2.05) is 24.3 Å². The minimum Gasteiger partial charge on any atom is -0.468 e. The molecule has 1 aliphatic heterocycles. The van der Waals surface area contributed by atoms with Crippen LogP contribution in [-0.2, 0) is 20.8 Å². The number of amides is 1. The molecule has 2 atom stereocenters. The van der Waals surface area contributed by atoms with Gasteiger partial charge in [0.25, 0.3) is 0 Å². The van der Waals surface area contributed by atoms with Crippen LogP contribution in [0.4, 0.5) is 9.18 Å². The van der Waals surface area contributed by atoms with Crippen molar-refractivity contribution in [3.05, 3.63) is 77.6 Å². The second kappa shape index (κ2) is 14.8. The van der Waals surface area contributed by atoms with Gasteiger partial charge >= 0.3 is 6.09 Å². The van der Waals surface area contributed by atoms with Gasteiger partial charge in [-0.3, -0.25) is 0 Å². The van der Waals surface area contributed by atoms with Gasteiger partial charge in [-0.15, -0.1) is 0 Å². The maximum atomic E-state index is 13.7. The zero-order valence-corrected chi connectivity index (χ0v) is 28.7. The highest BCUT2D eigenvalue weighted by molar-refractivity contribution is 6.76. The molecule has 0 aliphatic carbocycles. The summed E-state index contributed by atoms with van der Waals surface area (Å²) in [7, 11) is -2.41. The number of carbonyl (C=O) groups excluding carboxylic acids is 1. The highest BCUT2D eigenvalue weighted by atomic mass is 28.3. The summed E-state index contributed by atoms with van der Waals surface area (Å²) < 4.78 is 37.3. The Kier molecular flexibility index (Phi) is 11.4. The van der Waals surface area contributed by atoms with E-state index in [1.54, 1.807) is 4.90 Å². The molecular weight excluding hydrogens is 578 g/mol. The molecule has 1 amide bonds. The number of nitrogens with zero attached hydrogens (tertiary/aromatic N) is 1. The lowest BCUT2D eigenvalue weighted by Gasteiger charge is -2.38. The van der Waals surface area contributed by atoms with Crippen molar-refractivity contribution in [1.29, 1.82) is 0 Å². The van der Waals surface area contributed by atoms with E-state index in [0.717, 1.165) is 52.8 Å². The minimum absolute atomic E-state index is 0.0553. The number of hydrogen-bond donors (Lipinski definition) is 0. The maximum absolute atomic E-state index is 13.7. The van der Waals surface area contributed by atoms with E-state index in [1.165, 1.54) is 12.1 Å². The summed E-state index contributed by atoms with van der Waals surface area (Å²) in [6.45, 7) is 16.7. The Balaban J connectivity index is 1.38. The van der Waals surface area contributed by atoms with Gasteiger partial charge in [-0.25, -0.2) is 9.18 Å².